The van der Waals surface area contributed by atoms with Crippen molar-refractivity contribution in [3.8, 4) is 6.07 Å². The molecule has 0 aliphatic heterocycles. The van der Waals surface area contributed by atoms with E-state index < -0.39 is 0 Å². The Labute approximate surface area is 84.7 Å². The van der Waals surface area contributed by atoms with E-state index in [0.717, 1.165) is 18.7 Å². The Hall–Kier alpha value is -1.37. The zero-order valence-electron chi connectivity index (χ0n) is 8.40. The number of nitrogens with two attached hydrogens (primary N) is 1. The maximum atomic E-state index is 8.72. The third-order valence-corrected chi connectivity index (χ3v) is 2.02. The summed E-state index contributed by atoms with van der Waals surface area (Å²) in [5.74, 6) is 0. The smallest absolute Gasteiger partial charge is 0.0991 e. The van der Waals surface area contributed by atoms with Gasteiger partial charge in [0.25, 0.3) is 0 Å². The first-order valence-corrected chi connectivity index (χ1v) is 4.64. The van der Waals surface area contributed by atoms with Crippen LogP contribution in [0, 0.1) is 11.3 Å². The number of hydrogen-bond acceptors (Lipinski definition) is 3. The maximum absolute atomic E-state index is 8.72. The highest BCUT2D eigenvalue weighted by molar-refractivity contribution is 5.32. The van der Waals surface area contributed by atoms with E-state index in [1.54, 1.807) is 0 Å². The summed E-state index contributed by atoms with van der Waals surface area (Å²) in [7, 11) is 2.02. The van der Waals surface area contributed by atoms with Gasteiger partial charge in [-0.2, -0.15) is 5.26 Å². The normalized spacial score (nSPS) is 10.1. The minimum Gasteiger partial charge on any atom is -0.329 e. The molecule has 0 aliphatic rings. The van der Waals surface area contributed by atoms with Crippen LogP contribution in [0.4, 0.5) is 0 Å². The summed E-state index contributed by atoms with van der Waals surface area (Å²) in [6.45, 7) is 2.37. The molecule has 14 heavy (non-hydrogen) atoms. The third kappa shape index (κ3) is 3.17. The van der Waals surface area contributed by atoms with Crippen LogP contribution in [-0.2, 0) is 6.54 Å². The van der Waals surface area contributed by atoms with Gasteiger partial charge in [-0.05, 0) is 24.7 Å². The lowest BCUT2D eigenvalue weighted by molar-refractivity contribution is 0.336. The van der Waals surface area contributed by atoms with E-state index >= 15 is 0 Å². The average molecular weight is 189 g/mol. The monoisotopic (exact) mass is 189 g/mol. The van der Waals surface area contributed by atoms with Gasteiger partial charge in [0.2, 0.25) is 0 Å². The van der Waals surface area contributed by atoms with E-state index in [0.29, 0.717) is 12.1 Å². The molecule has 0 atom stereocenters. The number of hydrogen-bond donors (Lipinski definition) is 1. The van der Waals surface area contributed by atoms with Crippen molar-refractivity contribution >= 4 is 0 Å². The summed E-state index contributed by atoms with van der Waals surface area (Å²) < 4.78 is 0. The zero-order chi connectivity index (χ0) is 10.4. The van der Waals surface area contributed by atoms with E-state index in [1.807, 2.05) is 31.3 Å². The van der Waals surface area contributed by atoms with Crippen molar-refractivity contribution in [3.63, 3.8) is 0 Å². The molecule has 1 rings (SSSR count). The Bertz CT molecular complexity index is 328. The summed E-state index contributed by atoms with van der Waals surface area (Å²) in [6.07, 6.45) is 0. The SMILES string of the molecule is CN(CCN)Cc1cccc(C#N)c1. The van der Waals surface area contributed by atoms with Gasteiger partial charge >= 0.3 is 0 Å². The van der Waals surface area contributed by atoms with Crippen LogP contribution >= 0.6 is 0 Å². The summed E-state index contributed by atoms with van der Waals surface area (Å²) in [4.78, 5) is 2.14. The van der Waals surface area contributed by atoms with E-state index in [2.05, 4.69) is 11.0 Å². The molecule has 1 aromatic rings. The molecular formula is C11H15N3. The first-order valence-electron chi connectivity index (χ1n) is 4.64. The summed E-state index contributed by atoms with van der Waals surface area (Å²) in [5.41, 5.74) is 7.31. The van der Waals surface area contributed by atoms with Gasteiger partial charge in [0.05, 0.1) is 11.6 Å². The molecule has 74 valence electrons. The molecule has 0 aromatic heterocycles. The van der Waals surface area contributed by atoms with Gasteiger partial charge in [0.1, 0.15) is 0 Å². The van der Waals surface area contributed by atoms with Crippen molar-refractivity contribution in [2.75, 3.05) is 20.1 Å². The second-order valence-corrected chi connectivity index (χ2v) is 3.34. The highest BCUT2D eigenvalue weighted by Crippen LogP contribution is 2.06. The highest BCUT2D eigenvalue weighted by atomic mass is 15.1. The van der Waals surface area contributed by atoms with E-state index in [1.165, 1.54) is 0 Å². The minimum atomic E-state index is 0.661. The van der Waals surface area contributed by atoms with Crippen LogP contribution in [0.15, 0.2) is 24.3 Å². The fourth-order valence-electron chi connectivity index (χ4n) is 1.35. The predicted molar refractivity (Wildman–Crippen MR) is 56.5 cm³/mol. The van der Waals surface area contributed by atoms with Gasteiger partial charge < -0.3 is 10.6 Å². The lowest BCUT2D eigenvalue weighted by Crippen LogP contribution is -2.24. The van der Waals surface area contributed by atoms with Crippen LogP contribution in [0.1, 0.15) is 11.1 Å². The van der Waals surface area contributed by atoms with Gasteiger partial charge in [-0.25, -0.2) is 0 Å². The summed E-state index contributed by atoms with van der Waals surface area (Å²) in [6, 6.07) is 9.78. The molecule has 0 unspecified atom stereocenters. The van der Waals surface area contributed by atoms with E-state index in [9.17, 15) is 0 Å². The Kier molecular flexibility index (Phi) is 4.11. The fraction of sp³-hybridized carbons (Fsp3) is 0.364. The van der Waals surface area contributed by atoms with Gasteiger partial charge in [-0.15, -0.1) is 0 Å². The molecule has 0 aliphatic carbocycles. The second-order valence-electron chi connectivity index (χ2n) is 3.34. The molecule has 0 fully saturated rings. The van der Waals surface area contributed by atoms with Gasteiger partial charge in [0, 0.05) is 19.6 Å². The first kappa shape index (κ1) is 10.7. The Balaban J connectivity index is 2.63. The number of nitrogens with zero attached hydrogens (tertiary/aromatic N) is 2. The highest BCUT2D eigenvalue weighted by Gasteiger charge is 1.99. The van der Waals surface area contributed by atoms with Crippen LogP contribution in [-0.4, -0.2) is 25.0 Å². The van der Waals surface area contributed by atoms with E-state index in [4.69, 9.17) is 11.0 Å². The molecule has 0 saturated carbocycles. The van der Waals surface area contributed by atoms with Crippen LogP contribution < -0.4 is 5.73 Å². The van der Waals surface area contributed by atoms with Crippen molar-refractivity contribution in [1.29, 1.82) is 5.26 Å². The molecule has 0 bridgehead atoms. The average Bonchev–Trinajstić information content (AvgIpc) is 2.18. The second kappa shape index (κ2) is 5.38. The molecule has 3 nitrogen and oxygen atoms in total. The van der Waals surface area contributed by atoms with Crippen LogP contribution in [0.25, 0.3) is 0 Å². The molecular weight excluding hydrogens is 174 g/mol. The largest absolute Gasteiger partial charge is 0.329 e. The molecule has 2 N–H and O–H groups in total. The number of benzene rings is 1. The standard InChI is InChI=1S/C11H15N3/c1-14(6-5-12)9-11-4-2-3-10(7-11)8-13/h2-4,7H,5-6,9,12H2,1H3. The molecule has 0 spiro atoms. The molecule has 0 saturated heterocycles. The molecule has 0 radical (unpaired) electrons. The van der Waals surface area contributed by atoms with Gasteiger partial charge in [-0.1, -0.05) is 12.1 Å². The predicted octanol–water partition coefficient (Wildman–Crippen LogP) is 0.949. The zero-order valence-corrected chi connectivity index (χ0v) is 8.40. The maximum Gasteiger partial charge on any atom is 0.0991 e. The van der Waals surface area contributed by atoms with Crippen molar-refractivity contribution in [2.24, 2.45) is 5.73 Å². The summed E-state index contributed by atoms with van der Waals surface area (Å²) in [5, 5.41) is 8.72. The lowest BCUT2D eigenvalue weighted by Gasteiger charge is -2.15. The van der Waals surface area contributed by atoms with Crippen LogP contribution in [0.5, 0.6) is 0 Å². The van der Waals surface area contributed by atoms with Gasteiger partial charge in [-0.3, -0.25) is 0 Å². The number of nitriles is 1. The third-order valence-electron chi connectivity index (χ3n) is 2.02. The van der Waals surface area contributed by atoms with Crippen molar-refractivity contribution in [3.05, 3.63) is 35.4 Å². The molecule has 0 amide bonds. The summed E-state index contributed by atoms with van der Waals surface area (Å²) >= 11 is 0. The minimum absolute atomic E-state index is 0.661. The Morgan fingerprint density at radius 2 is 2.29 bits per heavy atom. The topological polar surface area (TPSA) is 53.0 Å². The van der Waals surface area contributed by atoms with Crippen molar-refractivity contribution in [1.82, 2.24) is 4.90 Å². The molecule has 3 heteroatoms. The first-order chi connectivity index (χ1) is 6.76. The molecule has 0 heterocycles. The Morgan fingerprint density at radius 1 is 1.50 bits per heavy atom. The molecule has 1 aromatic carbocycles. The van der Waals surface area contributed by atoms with Crippen molar-refractivity contribution < 1.29 is 0 Å². The number of rotatable bonds is 4. The van der Waals surface area contributed by atoms with Crippen molar-refractivity contribution in [2.45, 2.75) is 6.54 Å². The van der Waals surface area contributed by atoms with Crippen LogP contribution in [0.2, 0.25) is 0 Å². The number of likely N-dealkylation sites (N-methyl/N-ethyl adjacent to an activating group) is 1. The Morgan fingerprint density at radius 3 is 2.93 bits per heavy atom. The van der Waals surface area contributed by atoms with E-state index in [-0.39, 0.29) is 0 Å². The lowest BCUT2D eigenvalue weighted by atomic mass is 10.1. The fourth-order valence-corrected chi connectivity index (χ4v) is 1.35. The van der Waals surface area contributed by atoms with Crippen LogP contribution in [0.3, 0.4) is 0 Å². The quantitative estimate of drug-likeness (QED) is 0.767. The van der Waals surface area contributed by atoms with Gasteiger partial charge in [0.15, 0.2) is 0 Å².